The third-order valence-electron chi connectivity index (χ3n) is 3.63. The highest BCUT2D eigenvalue weighted by atomic mass is 32.2. The topological polar surface area (TPSA) is 83.6 Å². The summed E-state index contributed by atoms with van der Waals surface area (Å²) in [6.45, 7) is 5.66. The van der Waals surface area contributed by atoms with Crippen LogP contribution in [0.15, 0.2) is 0 Å². The van der Waals surface area contributed by atoms with E-state index in [1.165, 1.54) is 0 Å². The number of carbonyl (C=O) groups excluding carboxylic acids is 2. The van der Waals surface area contributed by atoms with Crippen molar-refractivity contribution >= 4 is 21.7 Å². The minimum absolute atomic E-state index is 0.0815. The molecule has 0 aromatic heterocycles. The summed E-state index contributed by atoms with van der Waals surface area (Å²) in [7, 11) is -3.01. The maximum absolute atomic E-state index is 12.3. The molecule has 2 atom stereocenters. The SMILES string of the molecule is CCC1NC(=O)CC(C)N(CCCS(=O)(=O)CC)C1=O. The van der Waals surface area contributed by atoms with E-state index in [1.54, 1.807) is 11.8 Å². The highest BCUT2D eigenvalue weighted by Crippen LogP contribution is 2.14. The summed E-state index contributed by atoms with van der Waals surface area (Å²) in [5, 5.41) is 2.71. The van der Waals surface area contributed by atoms with Crippen molar-refractivity contribution in [2.45, 2.75) is 52.1 Å². The monoisotopic (exact) mass is 304 g/mol. The number of nitrogens with zero attached hydrogens (tertiary/aromatic N) is 1. The van der Waals surface area contributed by atoms with Crippen molar-refractivity contribution < 1.29 is 18.0 Å². The van der Waals surface area contributed by atoms with E-state index in [1.807, 2.05) is 13.8 Å². The molecule has 1 fully saturated rings. The molecule has 2 amide bonds. The third-order valence-corrected chi connectivity index (χ3v) is 5.42. The highest BCUT2D eigenvalue weighted by molar-refractivity contribution is 7.91. The zero-order chi connectivity index (χ0) is 15.3. The minimum atomic E-state index is -3.01. The zero-order valence-corrected chi connectivity index (χ0v) is 13.2. The minimum Gasteiger partial charge on any atom is -0.344 e. The molecule has 1 aliphatic rings. The Hall–Kier alpha value is -1.11. The number of hydrogen-bond acceptors (Lipinski definition) is 4. The molecule has 6 nitrogen and oxygen atoms in total. The maximum atomic E-state index is 12.3. The summed E-state index contributed by atoms with van der Waals surface area (Å²) in [5.74, 6) is -0.0344. The number of sulfone groups is 1. The van der Waals surface area contributed by atoms with Gasteiger partial charge in [-0.2, -0.15) is 0 Å². The van der Waals surface area contributed by atoms with Crippen molar-refractivity contribution in [3.63, 3.8) is 0 Å². The second-order valence-electron chi connectivity index (χ2n) is 5.20. The molecule has 0 aromatic carbocycles. The lowest BCUT2D eigenvalue weighted by Gasteiger charge is -2.28. The van der Waals surface area contributed by atoms with Crippen molar-refractivity contribution in [1.82, 2.24) is 10.2 Å². The predicted octanol–water partition coefficient (Wildman–Crippen LogP) is 0.327. The number of rotatable bonds is 6. The molecular weight excluding hydrogens is 280 g/mol. The lowest BCUT2D eigenvalue weighted by atomic mass is 10.1. The Labute approximate surface area is 120 Å². The molecule has 0 aliphatic carbocycles. The van der Waals surface area contributed by atoms with E-state index in [0.717, 1.165) is 0 Å². The van der Waals surface area contributed by atoms with E-state index in [2.05, 4.69) is 5.32 Å². The summed E-state index contributed by atoms with van der Waals surface area (Å²) in [5.41, 5.74) is 0. The molecule has 116 valence electrons. The maximum Gasteiger partial charge on any atom is 0.245 e. The smallest absolute Gasteiger partial charge is 0.245 e. The first-order valence-electron chi connectivity index (χ1n) is 7.11. The Morgan fingerprint density at radius 3 is 2.50 bits per heavy atom. The molecule has 20 heavy (non-hydrogen) atoms. The van der Waals surface area contributed by atoms with Crippen LogP contribution in [0.2, 0.25) is 0 Å². The van der Waals surface area contributed by atoms with Gasteiger partial charge >= 0.3 is 0 Å². The summed E-state index contributed by atoms with van der Waals surface area (Å²) < 4.78 is 22.9. The normalized spacial score (nSPS) is 24.4. The molecule has 1 heterocycles. The van der Waals surface area contributed by atoms with E-state index in [0.29, 0.717) is 19.4 Å². The molecule has 0 saturated carbocycles. The molecule has 7 heteroatoms. The van der Waals surface area contributed by atoms with Crippen LogP contribution >= 0.6 is 0 Å². The van der Waals surface area contributed by atoms with Gasteiger partial charge < -0.3 is 10.2 Å². The number of hydrogen-bond donors (Lipinski definition) is 1. The van der Waals surface area contributed by atoms with Gasteiger partial charge in [-0.15, -0.1) is 0 Å². The van der Waals surface area contributed by atoms with Gasteiger partial charge in [0.2, 0.25) is 11.8 Å². The highest BCUT2D eigenvalue weighted by Gasteiger charge is 2.32. The van der Waals surface area contributed by atoms with Crippen molar-refractivity contribution in [1.29, 1.82) is 0 Å². The molecule has 0 radical (unpaired) electrons. The standard InChI is InChI=1S/C13H24N2O4S/c1-4-11-13(17)15(10(3)9-12(16)14-11)7-6-8-20(18,19)5-2/h10-11H,4-9H2,1-3H3,(H,14,16). The molecule has 0 spiro atoms. The molecule has 1 saturated heterocycles. The first-order valence-corrected chi connectivity index (χ1v) is 8.93. The average molecular weight is 304 g/mol. The van der Waals surface area contributed by atoms with Crippen molar-refractivity contribution in [3.05, 3.63) is 0 Å². The van der Waals surface area contributed by atoms with Gasteiger partial charge in [-0.1, -0.05) is 13.8 Å². The van der Waals surface area contributed by atoms with Crippen molar-refractivity contribution in [3.8, 4) is 0 Å². The Morgan fingerprint density at radius 1 is 1.30 bits per heavy atom. The zero-order valence-electron chi connectivity index (χ0n) is 12.4. The van der Waals surface area contributed by atoms with Crippen LogP contribution in [0.4, 0.5) is 0 Å². The van der Waals surface area contributed by atoms with Crippen LogP contribution in [0.25, 0.3) is 0 Å². The lowest BCUT2D eigenvalue weighted by Crippen LogP contribution is -2.46. The van der Waals surface area contributed by atoms with Crippen molar-refractivity contribution in [2.24, 2.45) is 0 Å². The summed E-state index contributed by atoms with van der Waals surface area (Å²) in [6.07, 6.45) is 1.22. The third kappa shape index (κ3) is 4.47. The molecule has 2 unspecified atom stereocenters. The average Bonchev–Trinajstić information content (AvgIpc) is 2.48. The van der Waals surface area contributed by atoms with Gasteiger partial charge in [0.15, 0.2) is 0 Å². The summed E-state index contributed by atoms with van der Waals surface area (Å²) in [4.78, 5) is 25.6. The second kappa shape index (κ2) is 7.06. The van der Waals surface area contributed by atoms with Crippen LogP contribution in [-0.4, -0.2) is 55.3 Å². The van der Waals surface area contributed by atoms with E-state index >= 15 is 0 Å². The molecule has 0 aromatic rings. The van der Waals surface area contributed by atoms with Crippen LogP contribution in [0.1, 0.15) is 40.0 Å². The van der Waals surface area contributed by atoms with E-state index in [9.17, 15) is 18.0 Å². The number of amides is 2. The second-order valence-corrected chi connectivity index (χ2v) is 7.68. The fraction of sp³-hybridized carbons (Fsp3) is 0.846. The fourth-order valence-electron chi connectivity index (χ4n) is 2.32. The largest absolute Gasteiger partial charge is 0.344 e. The van der Waals surface area contributed by atoms with Crippen LogP contribution < -0.4 is 5.32 Å². The van der Waals surface area contributed by atoms with Gasteiger partial charge in [-0.05, 0) is 19.8 Å². The Balaban J connectivity index is 2.70. The van der Waals surface area contributed by atoms with E-state index < -0.39 is 15.9 Å². The van der Waals surface area contributed by atoms with Crippen LogP contribution in [0, 0.1) is 0 Å². The Morgan fingerprint density at radius 2 is 1.95 bits per heavy atom. The first-order chi connectivity index (χ1) is 9.30. The van der Waals surface area contributed by atoms with E-state index in [-0.39, 0.29) is 35.8 Å². The quantitative estimate of drug-likeness (QED) is 0.766. The molecule has 1 N–H and O–H groups in total. The summed E-state index contributed by atoms with van der Waals surface area (Å²) in [6, 6.07) is -0.682. The molecule has 1 aliphatic heterocycles. The van der Waals surface area contributed by atoms with Gasteiger partial charge in [-0.25, -0.2) is 8.42 Å². The van der Waals surface area contributed by atoms with Crippen LogP contribution in [-0.2, 0) is 19.4 Å². The Bertz CT molecular complexity index is 461. The lowest BCUT2D eigenvalue weighted by molar-refractivity contribution is -0.135. The first kappa shape index (κ1) is 16.9. The Kier molecular flexibility index (Phi) is 5.98. The fourth-order valence-corrected chi connectivity index (χ4v) is 3.17. The summed E-state index contributed by atoms with van der Waals surface area (Å²) >= 11 is 0. The van der Waals surface area contributed by atoms with Gasteiger partial charge in [0, 0.05) is 24.8 Å². The van der Waals surface area contributed by atoms with Gasteiger partial charge in [0.1, 0.15) is 15.9 Å². The molecular formula is C13H24N2O4S. The van der Waals surface area contributed by atoms with Gasteiger partial charge in [0.25, 0.3) is 0 Å². The number of carbonyl (C=O) groups is 2. The van der Waals surface area contributed by atoms with Crippen LogP contribution in [0.5, 0.6) is 0 Å². The molecule has 0 bridgehead atoms. The van der Waals surface area contributed by atoms with Gasteiger partial charge in [-0.3, -0.25) is 9.59 Å². The van der Waals surface area contributed by atoms with Crippen LogP contribution in [0.3, 0.4) is 0 Å². The van der Waals surface area contributed by atoms with Gasteiger partial charge in [0.05, 0.1) is 5.75 Å². The predicted molar refractivity (Wildman–Crippen MR) is 77.0 cm³/mol. The number of nitrogens with one attached hydrogen (secondary N) is 1. The van der Waals surface area contributed by atoms with E-state index in [4.69, 9.17) is 0 Å². The van der Waals surface area contributed by atoms with Crippen molar-refractivity contribution in [2.75, 3.05) is 18.1 Å². The molecule has 1 rings (SSSR count).